The van der Waals surface area contributed by atoms with Crippen LogP contribution in [-0.4, -0.2) is 23.8 Å². The van der Waals surface area contributed by atoms with Gasteiger partial charge in [-0.05, 0) is 37.4 Å². The van der Waals surface area contributed by atoms with E-state index in [1.807, 2.05) is 12.1 Å². The van der Waals surface area contributed by atoms with Gasteiger partial charge in [0, 0.05) is 18.5 Å². The van der Waals surface area contributed by atoms with Gasteiger partial charge in [-0.25, -0.2) is 4.98 Å². The molecule has 0 aromatic carbocycles. The summed E-state index contributed by atoms with van der Waals surface area (Å²) in [6.45, 7) is 2.25. The molecule has 0 radical (unpaired) electrons. The molecule has 1 fully saturated rings. The summed E-state index contributed by atoms with van der Waals surface area (Å²) in [5, 5.41) is 5.32. The highest BCUT2D eigenvalue weighted by Gasteiger charge is 2.12. The first-order valence-corrected chi connectivity index (χ1v) is 8.16. The third-order valence-electron chi connectivity index (χ3n) is 3.39. The normalized spacial score (nSPS) is 16.9. The van der Waals surface area contributed by atoms with Crippen molar-refractivity contribution in [3.05, 3.63) is 23.4 Å². The highest BCUT2D eigenvalue weighted by molar-refractivity contribution is 7.99. The second-order valence-electron chi connectivity index (χ2n) is 4.87. The fraction of sp³-hybridized carbons (Fsp3) is 0.643. The van der Waals surface area contributed by atoms with Gasteiger partial charge < -0.3 is 5.32 Å². The zero-order chi connectivity index (χ0) is 12.6. The molecular weight excluding hydrogens is 264 g/mol. The molecule has 100 valence electrons. The van der Waals surface area contributed by atoms with Crippen molar-refractivity contribution < 1.29 is 0 Å². The molecule has 1 heterocycles. The van der Waals surface area contributed by atoms with E-state index in [1.54, 1.807) is 18.0 Å². The van der Waals surface area contributed by atoms with Crippen molar-refractivity contribution in [2.24, 2.45) is 5.92 Å². The number of pyridine rings is 1. The van der Waals surface area contributed by atoms with Crippen molar-refractivity contribution >= 4 is 23.4 Å². The largest absolute Gasteiger partial charge is 0.316 e. The Bertz CT molecular complexity index is 336. The van der Waals surface area contributed by atoms with Crippen molar-refractivity contribution in [1.29, 1.82) is 0 Å². The van der Waals surface area contributed by atoms with Gasteiger partial charge >= 0.3 is 0 Å². The number of thioether (sulfide) groups is 1. The molecule has 1 aromatic rings. The van der Waals surface area contributed by atoms with E-state index in [1.165, 1.54) is 38.6 Å². The van der Waals surface area contributed by atoms with Crippen molar-refractivity contribution in [1.82, 2.24) is 10.3 Å². The molecule has 18 heavy (non-hydrogen) atoms. The Morgan fingerprint density at radius 3 is 2.83 bits per heavy atom. The molecule has 0 spiro atoms. The summed E-state index contributed by atoms with van der Waals surface area (Å²) in [6, 6.07) is 3.88. The minimum Gasteiger partial charge on any atom is -0.316 e. The Kier molecular flexibility index (Phi) is 6.32. The third-order valence-corrected chi connectivity index (χ3v) is 4.56. The lowest BCUT2D eigenvalue weighted by Gasteiger charge is -2.21. The van der Waals surface area contributed by atoms with Crippen molar-refractivity contribution in [3.63, 3.8) is 0 Å². The summed E-state index contributed by atoms with van der Waals surface area (Å²) in [7, 11) is 0. The number of hydrogen-bond acceptors (Lipinski definition) is 3. The van der Waals surface area contributed by atoms with Gasteiger partial charge in [-0.1, -0.05) is 30.9 Å². The Morgan fingerprint density at radius 1 is 1.28 bits per heavy atom. The van der Waals surface area contributed by atoms with Crippen molar-refractivity contribution in [3.8, 4) is 0 Å². The SMILES string of the molecule is Clc1ccc(SCCNCC2CCCCC2)nc1. The second-order valence-corrected chi connectivity index (χ2v) is 6.42. The molecule has 0 aliphatic heterocycles. The maximum atomic E-state index is 5.80. The molecule has 0 saturated heterocycles. The lowest BCUT2D eigenvalue weighted by Crippen LogP contribution is -2.26. The number of hydrogen-bond donors (Lipinski definition) is 1. The van der Waals surface area contributed by atoms with Crippen LogP contribution in [0, 0.1) is 5.92 Å². The monoisotopic (exact) mass is 284 g/mol. The van der Waals surface area contributed by atoms with Crippen LogP contribution in [0.2, 0.25) is 5.02 Å². The van der Waals surface area contributed by atoms with Crippen molar-refractivity contribution in [2.75, 3.05) is 18.8 Å². The molecule has 1 aromatic heterocycles. The summed E-state index contributed by atoms with van der Waals surface area (Å²) in [5.74, 6) is 1.99. The average molecular weight is 285 g/mol. The van der Waals surface area contributed by atoms with E-state index in [0.29, 0.717) is 5.02 Å². The van der Waals surface area contributed by atoms with Crippen LogP contribution < -0.4 is 5.32 Å². The van der Waals surface area contributed by atoms with Gasteiger partial charge in [0.05, 0.1) is 10.0 Å². The van der Waals surface area contributed by atoms with E-state index in [2.05, 4.69) is 10.3 Å². The maximum absolute atomic E-state index is 5.80. The summed E-state index contributed by atoms with van der Waals surface area (Å²) >= 11 is 7.58. The van der Waals surface area contributed by atoms with Crippen LogP contribution in [-0.2, 0) is 0 Å². The fourth-order valence-electron chi connectivity index (χ4n) is 2.37. The highest BCUT2D eigenvalue weighted by Crippen LogP contribution is 2.22. The van der Waals surface area contributed by atoms with Crippen LogP contribution >= 0.6 is 23.4 Å². The Labute approximate surface area is 119 Å². The Morgan fingerprint density at radius 2 is 2.11 bits per heavy atom. The van der Waals surface area contributed by atoms with E-state index in [9.17, 15) is 0 Å². The molecule has 1 aliphatic rings. The first kappa shape index (κ1) is 14.2. The molecule has 4 heteroatoms. The molecule has 0 amide bonds. The van der Waals surface area contributed by atoms with Crippen molar-refractivity contribution in [2.45, 2.75) is 37.1 Å². The number of nitrogens with one attached hydrogen (secondary N) is 1. The first-order chi connectivity index (χ1) is 8.84. The lowest BCUT2D eigenvalue weighted by atomic mass is 9.89. The Hall–Kier alpha value is -0.250. The minimum atomic E-state index is 0.703. The van der Waals surface area contributed by atoms with Gasteiger partial charge in [-0.2, -0.15) is 0 Å². The predicted molar refractivity (Wildman–Crippen MR) is 79.4 cm³/mol. The van der Waals surface area contributed by atoms with Crippen LogP contribution in [0.5, 0.6) is 0 Å². The number of halogens is 1. The molecular formula is C14H21ClN2S. The van der Waals surface area contributed by atoms with Crippen LogP contribution in [0.25, 0.3) is 0 Å². The maximum Gasteiger partial charge on any atom is 0.0961 e. The van der Waals surface area contributed by atoms with Gasteiger partial charge in [0.25, 0.3) is 0 Å². The lowest BCUT2D eigenvalue weighted by molar-refractivity contribution is 0.345. The van der Waals surface area contributed by atoms with Crippen LogP contribution in [0.3, 0.4) is 0 Å². The smallest absolute Gasteiger partial charge is 0.0961 e. The van der Waals surface area contributed by atoms with E-state index in [-0.39, 0.29) is 0 Å². The molecule has 2 rings (SSSR count). The summed E-state index contributed by atoms with van der Waals surface area (Å²) in [5.41, 5.74) is 0. The van der Waals surface area contributed by atoms with Gasteiger partial charge in [0.1, 0.15) is 0 Å². The standard InChI is InChI=1S/C14H21ClN2S/c15-13-6-7-14(17-11-13)18-9-8-16-10-12-4-2-1-3-5-12/h6-7,11-12,16H,1-5,8-10H2. The van der Waals surface area contributed by atoms with Crippen LogP contribution in [0.4, 0.5) is 0 Å². The summed E-state index contributed by atoms with van der Waals surface area (Å²) < 4.78 is 0. The predicted octanol–water partition coefficient (Wildman–Crippen LogP) is 4.00. The number of aromatic nitrogens is 1. The molecule has 0 unspecified atom stereocenters. The van der Waals surface area contributed by atoms with E-state index >= 15 is 0 Å². The topological polar surface area (TPSA) is 24.9 Å². The third kappa shape index (κ3) is 5.17. The number of rotatable bonds is 6. The first-order valence-electron chi connectivity index (χ1n) is 6.79. The molecule has 2 nitrogen and oxygen atoms in total. The van der Waals surface area contributed by atoms with E-state index < -0.39 is 0 Å². The zero-order valence-electron chi connectivity index (χ0n) is 10.7. The number of nitrogens with zero attached hydrogens (tertiary/aromatic N) is 1. The fourth-order valence-corrected chi connectivity index (χ4v) is 3.23. The van der Waals surface area contributed by atoms with E-state index in [4.69, 9.17) is 11.6 Å². The minimum absolute atomic E-state index is 0.703. The average Bonchev–Trinajstić information content (AvgIpc) is 2.42. The molecule has 1 N–H and O–H groups in total. The van der Waals surface area contributed by atoms with Gasteiger partial charge in [0.2, 0.25) is 0 Å². The van der Waals surface area contributed by atoms with E-state index in [0.717, 1.165) is 23.2 Å². The second kappa shape index (κ2) is 8.03. The van der Waals surface area contributed by atoms with Crippen LogP contribution in [0.15, 0.2) is 23.4 Å². The molecule has 0 bridgehead atoms. The van der Waals surface area contributed by atoms with Gasteiger partial charge in [-0.3, -0.25) is 0 Å². The molecule has 0 atom stereocenters. The van der Waals surface area contributed by atoms with Gasteiger partial charge in [0.15, 0.2) is 0 Å². The quantitative estimate of drug-likeness (QED) is 0.631. The Balaban J connectivity index is 1.54. The zero-order valence-corrected chi connectivity index (χ0v) is 12.3. The highest BCUT2D eigenvalue weighted by atomic mass is 35.5. The molecule has 1 aliphatic carbocycles. The summed E-state index contributed by atoms with van der Waals surface area (Å²) in [6.07, 6.45) is 8.83. The van der Waals surface area contributed by atoms with Gasteiger partial charge in [-0.15, -0.1) is 11.8 Å². The summed E-state index contributed by atoms with van der Waals surface area (Å²) in [4.78, 5) is 4.27. The molecule has 1 saturated carbocycles. The van der Waals surface area contributed by atoms with Crippen LogP contribution in [0.1, 0.15) is 32.1 Å².